The second-order valence-electron chi connectivity index (χ2n) is 7.35. The molecule has 0 atom stereocenters. The van der Waals surface area contributed by atoms with Gasteiger partial charge in [0.25, 0.3) is 0 Å². The van der Waals surface area contributed by atoms with Crippen LogP contribution in [-0.4, -0.2) is 26.4 Å². The minimum Gasteiger partial charge on any atom is -0.351 e. The third-order valence-electron chi connectivity index (χ3n) is 4.94. The molecule has 0 bridgehead atoms. The van der Waals surface area contributed by atoms with Crippen molar-refractivity contribution in [2.75, 3.05) is 5.75 Å². The summed E-state index contributed by atoms with van der Waals surface area (Å²) in [7, 11) is 0. The van der Waals surface area contributed by atoms with Gasteiger partial charge >= 0.3 is 0 Å². The average Bonchev–Trinajstić information content (AvgIpc) is 3.23. The Morgan fingerprint density at radius 1 is 0.935 bits per heavy atom. The number of benzene rings is 3. The SMILES string of the molecule is Cc1ccc(C)c(-n2c(SCC(=O)NCc3ccccc3)nnc2-c2ccccc2)c1. The molecule has 4 rings (SSSR count). The van der Waals surface area contributed by atoms with E-state index in [2.05, 4.69) is 47.6 Å². The van der Waals surface area contributed by atoms with E-state index in [1.807, 2.05) is 65.2 Å². The van der Waals surface area contributed by atoms with Crippen LogP contribution < -0.4 is 5.32 Å². The Hall–Kier alpha value is -3.38. The van der Waals surface area contributed by atoms with E-state index in [4.69, 9.17) is 0 Å². The van der Waals surface area contributed by atoms with Crippen molar-refractivity contribution in [2.45, 2.75) is 25.5 Å². The maximum atomic E-state index is 12.4. The summed E-state index contributed by atoms with van der Waals surface area (Å²) < 4.78 is 2.05. The minimum atomic E-state index is -0.0365. The molecule has 3 aromatic carbocycles. The molecule has 1 heterocycles. The van der Waals surface area contributed by atoms with E-state index in [1.54, 1.807) is 0 Å². The Kier molecular flexibility index (Phi) is 6.48. The molecule has 1 N–H and O–H groups in total. The van der Waals surface area contributed by atoms with Crippen LogP contribution in [0.25, 0.3) is 17.1 Å². The largest absolute Gasteiger partial charge is 0.351 e. The summed E-state index contributed by atoms with van der Waals surface area (Å²) in [5, 5.41) is 12.6. The molecule has 0 saturated heterocycles. The summed E-state index contributed by atoms with van der Waals surface area (Å²) in [4.78, 5) is 12.4. The third kappa shape index (κ3) is 5.03. The van der Waals surface area contributed by atoms with Gasteiger partial charge in [0.2, 0.25) is 5.91 Å². The molecule has 0 radical (unpaired) electrons. The number of carbonyl (C=O) groups excluding carboxylic acids is 1. The van der Waals surface area contributed by atoms with Crippen molar-refractivity contribution in [3.05, 3.63) is 95.6 Å². The summed E-state index contributed by atoms with van der Waals surface area (Å²) in [5.41, 5.74) is 5.36. The van der Waals surface area contributed by atoms with Crippen molar-refractivity contribution < 1.29 is 4.79 Å². The van der Waals surface area contributed by atoms with Gasteiger partial charge in [0, 0.05) is 12.1 Å². The molecule has 0 aliphatic rings. The van der Waals surface area contributed by atoms with Gasteiger partial charge in [-0.1, -0.05) is 84.6 Å². The molecule has 1 amide bonds. The highest BCUT2D eigenvalue weighted by molar-refractivity contribution is 7.99. The lowest BCUT2D eigenvalue weighted by Crippen LogP contribution is -2.24. The number of nitrogens with one attached hydrogen (secondary N) is 1. The normalized spacial score (nSPS) is 10.8. The summed E-state index contributed by atoms with van der Waals surface area (Å²) in [5.74, 6) is 0.997. The van der Waals surface area contributed by atoms with Crippen LogP contribution in [0, 0.1) is 13.8 Å². The van der Waals surface area contributed by atoms with E-state index in [-0.39, 0.29) is 11.7 Å². The lowest BCUT2D eigenvalue weighted by molar-refractivity contribution is -0.118. The van der Waals surface area contributed by atoms with Gasteiger partial charge in [-0.15, -0.1) is 10.2 Å². The van der Waals surface area contributed by atoms with Crippen LogP contribution >= 0.6 is 11.8 Å². The number of carbonyl (C=O) groups is 1. The van der Waals surface area contributed by atoms with Crippen LogP contribution in [0.5, 0.6) is 0 Å². The molecule has 156 valence electrons. The van der Waals surface area contributed by atoms with Gasteiger partial charge in [-0.2, -0.15) is 0 Å². The molecule has 0 unspecified atom stereocenters. The van der Waals surface area contributed by atoms with Crippen molar-refractivity contribution in [3.8, 4) is 17.1 Å². The third-order valence-corrected chi connectivity index (χ3v) is 5.86. The lowest BCUT2D eigenvalue weighted by atomic mass is 10.1. The second kappa shape index (κ2) is 9.62. The number of hydrogen-bond donors (Lipinski definition) is 1. The van der Waals surface area contributed by atoms with Gasteiger partial charge in [-0.3, -0.25) is 9.36 Å². The number of thioether (sulfide) groups is 1. The fourth-order valence-corrected chi connectivity index (χ4v) is 4.07. The molecule has 31 heavy (non-hydrogen) atoms. The lowest BCUT2D eigenvalue weighted by Gasteiger charge is -2.14. The maximum absolute atomic E-state index is 12.4. The Labute approximate surface area is 186 Å². The zero-order valence-corrected chi connectivity index (χ0v) is 18.4. The number of amides is 1. The summed E-state index contributed by atoms with van der Waals surface area (Å²) in [6.07, 6.45) is 0. The standard InChI is InChI=1S/C25H24N4OS/c1-18-13-14-19(2)22(15-18)29-24(21-11-7-4-8-12-21)27-28-25(29)31-17-23(30)26-16-20-9-5-3-6-10-20/h3-15H,16-17H2,1-2H3,(H,26,30). The highest BCUT2D eigenvalue weighted by Crippen LogP contribution is 2.29. The van der Waals surface area contributed by atoms with E-state index < -0.39 is 0 Å². The number of aryl methyl sites for hydroxylation is 2. The molecule has 0 spiro atoms. The van der Waals surface area contributed by atoms with Crippen molar-refractivity contribution in [3.63, 3.8) is 0 Å². The van der Waals surface area contributed by atoms with Crippen molar-refractivity contribution in [2.24, 2.45) is 0 Å². The van der Waals surface area contributed by atoms with Crippen LogP contribution in [0.15, 0.2) is 84.0 Å². The predicted molar refractivity (Wildman–Crippen MR) is 125 cm³/mol. The molecule has 0 saturated carbocycles. The van der Waals surface area contributed by atoms with Crippen LogP contribution in [0.2, 0.25) is 0 Å². The zero-order valence-electron chi connectivity index (χ0n) is 17.6. The second-order valence-corrected chi connectivity index (χ2v) is 8.29. The molecule has 0 aliphatic heterocycles. The molecule has 0 aliphatic carbocycles. The zero-order chi connectivity index (χ0) is 21.6. The molecular formula is C25H24N4OS. The van der Waals surface area contributed by atoms with Crippen LogP contribution in [0.3, 0.4) is 0 Å². The number of nitrogens with zero attached hydrogens (tertiary/aromatic N) is 3. The van der Waals surface area contributed by atoms with Gasteiger partial charge in [0.1, 0.15) is 0 Å². The molecule has 6 heteroatoms. The first-order chi connectivity index (χ1) is 15.1. The maximum Gasteiger partial charge on any atom is 0.230 e. The van der Waals surface area contributed by atoms with E-state index in [0.717, 1.165) is 33.8 Å². The first-order valence-electron chi connectivity index (χ1n) is 10.1. The molecule has 1 aromatic heterocycles. The average molecular weight is 429 g/mol. The van der Waals surface area contributed by atoms with Crippen LogP contribution in [-0.2, 0) is 11.3 Å². The first kappa shape index (κ1) is 20.9. The highest BCUT2D eigenvalue weighted by atomic mass is 32.2. The van der Waals surface area contributed by atoms with E-state index in [9.17, 15) is 4.79 Å². The van der Waals surface area contributed by atoms with Gasteiger partial charge in [0.15, 0.2) is 11.0 Å². The summed E-state index contributed by atoms with van der Waals surface area (Å²) in [6, 6.07) is 26.2. The monoisotopic (exact) mass is 428 g/mol. The first-order valence-corrected chi connectivity index (χ1v) is 11.1. The van der Waals surface area contributed by atoms with E-state index in [0.29, 0.717) is 11.7 Å². The molecule has 0 fully saturated rings. The van der Waals surface area contributed by atoms with Crippen molar-refractivity contribution in [1.82, 2.24) is 20.1 Å². The van der Waals surface area contributed by atoms with E-state index in [1.165, 1.54) is 11.8 Å². The Balaban J connectivity index is 1.58. The van der Waals surface area contributed by atoms with Crippen molar-refractivity contribution >= 4 is 17.7 Å². The summed E-state index contributed by atoms with van der Waals surface area (Å²) >= 11 is 1.39. The van der Waals surface area contributed by atoms with Crippen LogP contribution in [0.1, 0.15) is 16.7 Å². The molecule has 4 aromatic rings. The number of aromatic nitrogens is 3. The number of rotatable bonds is 7. The van der Waals surface area contributed by atoms with Gasteiger partial charge in [0.05, 0.1) is 11.4 Å². The minimum absolute atomic E-state index is 0.0365. The Morgan fingerprint density at radius 2 is 1.65 bits per heavy atom. The summed E-state index contributed by atoms with van der Waals surface area (Å²) in [6.45, 7) is 4.66. The van der Waals surface area contributed by atoms with Gasteiger partial charge in [-0.25, -0.2) is 0 Å². The number of hydrogen-bond acceptors (Lipinski definition) is 4. The Morgan fingerprint density at radius 3 is 2.39 bits per heavy atom. The fraction of sp³-hybridized carbons (Fsp3) is 0.160. The van der Waals surface area contributed by atoms with Crippen molar-refractivity contribution in [1.29, 1.82) is 0 Å². The molecule has 5 nitrogen and oxygen atoms in total. The van der Waals surface area contributed by atoms with Gasteiger partial charge < -0.3 is 5.32 Å². The Bertz CT molecular complexity index is 1170. The fourth-order valence-electron chi connectivity index (χ4n) is 3.29. The van der Waals surface area contributed by atoms with Gasteiger partial charge in [-0.05, 0) is 36.6 Å². The molecular weight excluding hydrogens is 404 g/mol. The quantitative estimate of drug-likeness (QED) is 0.423. The predicted octanol–water partition coefficient (Wildman–Crippen LogP) is 4.96. The van der Waals surface area contributed by atoms with E-state index >= 15 is 0 Å². The highest BCUT2D eigenvalue weighted by Gasteiger charge is 2.18. The smallest absolute Gasteiger partial charge is 0.230 e. The van der Waals surface area contributed by atoms with Crippen LogP contribution in [0.4, 0.5) is 0 Å². The topological polar surface area (TPSA) is 59.8 Å².